The van der Waals surface area contributed by atoms with Crippen LogP contribution in [-0.4, -0.2) is 14.1 Å². The summed E-state index contributed by atoms with van der Waals surface area (Å²) in [5.74, 6) is 0. The Balaban J connectivity index is 0.000000160. The van der Waals surface area contributed by atoms with Gasteiger partial charge in [-0.25, -0.2) is 0 Å². The van der Waals surface area contributed by atoms with Crippen molar-refractivity contribution >= 4 is 58.4 Å². The van der Waals surface area contributed by atoms with Crippen LogP contribution in [0.15, 0.2) is 87.0 Å². The molecule has 240 valence electrons. The summed E-state index contributed by atoms with van der Waals surface area (Å²) in [4.78, 5) is 9.47. The normalized spacial score (nSPS) is 16.0. The zero-order chi connectivity index (χ0) is 34.7. The number of hydrogen-bond donors (Lipinski definition) is 0. The van der Waals surface area contributed by atoms with Gasteiger partial charge in [-0.05, 0) is 95.7 Å². The summed E-state index contributed by atoms with van der Waals surface area (Å²) in [5.41, 5.74) is 12.5. The second-order valence-corrected chi connectivity index (χ2v) is 16.0. The van der Waals surface area contributed by atoms with E-state index in [1.54, 1.807) is 47.0 Å². The summed E-state index contributed by atoms with van der Waals surface area (Å²) in [7, 11) is 4.06. The lowest BCUT2D eigenvalue weighted by Gasteiger charge is -2.16. The van der Waals surface area contributed by atoms with Crippen LogP contribution in [0.3, 0.4) is 0 Å². The lowest BCUT2D eigenvalue weighted by Crippen LogP contribution is -2.12. The molecule has 47 heavy (non-hydrogen) atoms. The third-order valence-corrected chi connectivity index (χ3v) is 14.1. The molecular weight excluding hydrogens is 655 g/mol. The van der Waals surface area contributed by atoms with Crippen LogP contribution >= 0.6 is 47.0 Å². The van der Waals surface area contributed by atoms with Crippen molar-refractivity contribution in [2.45, 2.75) is 81.9 Å². The van der Waals surface area contributed by atoms with Crippen LogP contribution in [-0.2, 0) is 0 Å². The molecule has 0 saturated carbocycles. The van der Waals surface area contributed by atoms with Crippen molar-refractivity contribution < 1.29 is 0 Å². The Kier molecular flexibility index (Phi) is 11.6. The summed E-state index contributed by atoms with van der Waals surface area (Å²) >= 11 is 6.86. The van der Waals surface area contributed by atoms with Gasteiger partial charge in [-0.2, -0.15) is 15.8 Å². The smallest absolute Gasteiger partial charge is 0.0971 e. The average Bonchev–Trinajstić information content (AvgIpc) is 3.77. The van der Waals surface area contributed by atoms with E-state index >= 15 is 0 Å². The van der Waals surface area contributed by atoms with Crippen molar-refractivity contribution in [2.24, 2.45) is 0 Å². The van der Waals surface area contributed by atoms with Crippen molar-refractivity contribution in [1.82, 2.24) is 0 Å². The van der Waals surface area contributed by atoms with Gasteiger partial charge in [0.2, 0.25) is 0 Å². The number of anilines is 2. The minimum atomic E-state index is 0.780. The van der Waals surface area contributed by atoms with Crippen LogP contribution in [0.4, 0.5) is 11.4 Å². The molecule has 0 N–H and O–H groups in total. The van der Waals surface area contributed by atoms with Crippen molar-refractivity contribution in [1.29, 1.82) is 15.8 Å². The maximum atomic E-state index is 8.98. The maximum Gasteiger partial charge on any atom is 0.0971 e. The first-order valence-electron chi connectivity index (χ1n) is 15.1. The molecule has 0 aliphatic carbocycles. The lowest BCUT2D eigenvalue weighted by molar-refractivity contribution is 1.12. The predicted octanol–water partition coefficient (Wildman–Crippen LogP) is 11.5. The highest BCUT2D eigenvalue weighted by Crippen LogP contribution is 2.54. The van der Waals surface area contributed by atoms with Crippen LogP contribution in [0.2, 0.25) is 0 Å². The first-order chi connectivity index (χ1) is 22.2. The minimum Gasteiger partial charge on any atom is -0.337 e. The topological polar surface area (TPSA) is 77.8 Å². The Morgan fingerprint density at radius 2 is 0.766 bits per heavy atom. The molecule has 0 spiro atoms. The monoisotopic (exact) mass is 693 g/mol. The zero-order valence-corrected chi connectivity index (χ0v) is 32.1. The SMILES string of the molecule is C/C(C#N)=C1/Sc2c(C)ccc(C)c2N1C.C/C(C#N)=C1\Sc2c(C)ccc(C)c2N1C.CC(C#N)=C1Sc2c(C)ccc(C)c2S1. The molecule has 3 aliphatic rings. The zero-order valence-electron chi connectivity index (χ0n) is 28.8. The van der Waals surface area contributed by atoms with Gasteiger partial charge in [-0.1, -0.05) is 83.4 Å². The number of thioether (sulfide) groups is 4. The van der Waals surface area contributed by atoms with Gasteiger partial charge in [0, 0.05) is 39.3 Å². The van der Waals surface area contributed by atoms with E-state index < -0.39 is 0 Å². The van der Waals surface area contributed by atoms with Crippen LogP contribution in [0.1, 0.15) is 54.2 Å². The Hall–Kier alpha value is -3.65. The minimum absolute atomic E-state index is 0.780. The second kappa shape index (κ2) is 15.1. The van der Waals surface area contributed by atoms with Gasteiger partial charge in [0.1, 0.15) is 0 Å². The number of hydrogen-bond acceptors (Lipinski definition) is 9. The molecule has 0 saturated heterocycles. The fourth-order valence-electron chi connectivity index (χ4n) is 5.34. The Bertz CT molecular complexity index is 1870. The average molecular weight is 694 g/mol. The number of benzene rings is 3. The Labute approximate surface area is 297 Å². The van der Waals surface area contributed by atoms with E-state index in [2.05, 4.69) is 106 Å². The molecule has 0 radical (unpaired) electrons. The van der Waals surface area contributed by atoms with Crippen LogP contribution < -0.4 is 9.80 Å². The van der Waals surface area contributed by atoms with E-state index in [0.717, 1.165) is 31.0 Å². The largest absolute Gasteiger partial charge is 0.337 e. The number of rotatable bonds is 0. The quantitative estimate of drug-likeness (QED) is 0.214. The number of nitriles is 3. The fraction of sp³-hybridized carbons (Fsp3) is 0.289. The van der Waals surface area contributed by atoms with Crippen LogP contribution in [0, 0.1) is 75.5 Å². The summed E-state index contributed by atoms with van der Waals surface area (Å²) < 4.78 is 1.13. The van der Waals surface area contributed by atoms with Gasteiger partial charge in [0.25, 0.3) is 0 Å². The molecular formula is C38H39N5S4. The standard InChI is InChI=1S/2C13H14N2S.C12H11NS2/c2*1-8-5-6-9(2)12-11(8)15(4)13(16-12)10(3)7-14;1-7-4-5-8(2)11-10(7)14-12(15-11)9(3)6-13/h2*5-6H,1-4H3;4-5H,1-3H3/b13-10+;13-10-;. The molecule has 0 aromatic heterocycles. The van der Waals surface area contributed by atoms with E-state index in [0.29, 0.717) is 0 Å². The van der Waals surface area contributed by atoms with Gasteiger partial charge in [0.15, 0.2) is 0 Å². The second-order valence-electron chi connectivity index (χ2n) is 11.7. The van der Waals surface area contributed by atoms with Gasteiger partial charge < -0.3 is 9.80 Å². The number of nitrogens with zero attached hydrogens (tertiary/aromatic N) is 5. The molecule has 3 aromatic rings. The molecule has 5 nitrogen and oxygen atoms in total. The highest BCUT2D eigenvalue weighted by Gasteiger charge is 2.28. The number of aryl methyl sites for hydroxylation is 6. The lowest BCUT2D eigenvalue weighted by atomic mass is 10.1. The molecule has 0 fully saturated rings. The van der Waals surface area contributed by atoms with Crippen molar-refractivity contribution in [3.05, 3.63) is 101 Å². The molecule has 6 rings (SSSR count). The van der Waals surface area contributed by atoms with Gasteiger partial charge >= 0.3 is 0 Å². The van der Waals surface area contributed by atoms with E-state index in [1.165, 1.54) is 64.3 Å². The van der Waals surface area contributed by atoms with Crippen LogP contribution in [0.5, 0.6) is 0 Å². The predicted molar refractivity (Wildman–Crippen MR) is 203 cm³/mol. The number of allylic oxidation sites excluding steroid dienone is 3. The van der Waals surface area contributed by atoms with E-state index in [1.807, 2.05) is 34.9 Å². The van der Waals surface area contributed by atoms with Gasteiger partial charge in [-0.15, -0.1) is 0 Å². The van der Waals surface area contributed by atoms with E-state index in [9.17, 15) is 0 Å². The third-order valence-electron chi connectivity index (χ3n) is 8.08. The molecule has 0 atom stereocenters. The van der Waals surface area contributed by atoms with E-state index in [-0.39, 0.29) is 0 Å². The van der Waals surface area contributed by atoms with Crippen molar-refractivity contribution in [3.8, 4) is 18.2 Å². The molecule has 9 heteroatoms. The molecule has 0 amide bonds. The summed E-state index contributed by atoms with van der Waals surface area (Å²) in [6.07, 6.45) is 0. The van der Waals surface area contributed by atoms with E-state index in [4.69, 9.17) is 15.8 Å². The van der Waals surface area contributed by atoms with Gasteiger partial charge in [0.05, 0.1) is 55.0 Å². The first-order valence-corrected chi connectivity index (χ1v) is 18.3. The first kappa shape index (κ1) is 36.2. The molecule has 3 aliphatic heterocycles. The molecule has 0 unspecified atom stereocenters. The third kappa shape index (κ3) is 7.28. The Morgan fingerprint density at radius 1 is 0.468 bits per heavy atom. The summed E-state index contributed by atoms with van der Waals surface area (Å²) in [6, 6.07) is 19.5. The molecule has 3 aromatic carbocycles. The molecule has 3 heterocycles. The fourth-order valence-corrected chi connectivity index (χ4v) is 10.5. The number of fused-ring (bicyclic) bond motifs is 3. The highest BCUT2D eigenvalue weighted by atomic mass is 32.2. The molecule has 0 bridgehead atoms. The van der Waals surface area contributed by atoms with Crippen molar-refractivity contribution in [3.63, 3.8) is 0 Å². The Morgan fingerprint density at radius 3 is 1.06 bits per heavy atom. The van der Waals surface area contributed by atoms with Crippen LogP contribution in [0.25, 0.3) is 0 Å². The highest BCUT2D eigenvalue weighted by molar-refractivity contribution is 8.24. The summed E-state index contributed by atoms with van der Waals surface area (Å²) in [6.45, 7) is 18.3. The maximum absolute atomic E-state index is 8.98. The summed E-state index contributed by atoms with van der Waals surface area (Å²) in [5, 5.41) is 28.9. The van der Waals surface area contributed by atoms with Gasteiger partial charge in [-0.3, -0.25) is 0 Å². The van der Waals surface area contributed by atoms with Crippen molar-refractivity contribution in [2.75, 3.05) is 23.9 Å².